The van der Waals surface area contributed by atoms with Crippen molar-refractivity contribution in [1.82, 2.24) is 15.5 Å². The summed E-state index contributed by atoms with van der Waals surface area (Å²) in [6, 6.07) is 9.56. The van der Waals surface area contributed by atoms with E-state index in [0.29, 0.717) is 0 Å². The third-order valence-corrected chi connectivity index (χ3v) is 4.53. The summed E-state index contributed by atoms with van der Waals surface area (Å²) in [5.74, 6) is -0.156. The van der Waals surface area contributed by atoms with Crippen LogP contribution in [-0.4, -0.2) is 46.8 Å². The molecule has 1 aromatic rings. The number of hydrogen-bond donors (Lipinski definition) is 2. The molecular formula is C16H21N3O3S. The van der Waals surface area contributed by atoms with E-state index in [2.05, 4.69) is 10.6 Å². The van der Waals surface area contributed by atoms with E-state index in [1.807, 2.05) is 37.3 Å². The molecule has 0 radical (unpaired) electrons. The molecule has 1 heterocycles. The minimum atomic E-state index is -0.371. The Labute approximate surface area is 140 Å². The molecule has 1 saturated heterocycles. The molecule has 2 atom stereocenters. The number of amides is 3. The van der Waals surface area contributed by atoms with Gasteiger partial charge in [-0.3, -0.25) is 24.6 Å². The van der Waals surface area contributed by atoms with Crippen molar-refractivity contribution < 1.29 is 14.4 Å². The molecule has 1 aromatic carbocycles. The van der Waals surface area contributed by atoms with E-state index in [0.717, 1.165) is 17.3 Å². The Kier molecular flexibility index (Phi) is 6.18. The number of nitrogens with zero attached hydrogens (tertiary/aromatic N) is 1. The molecule has 2 N–H and O–H groups in total. The Balaban J connectivity index is 1.74. The smallest absolute Gasteiger partial charge is 0.288 e. The number of nitrogens with one attached hydrogen (secondary N) is 2. The Bertz CT molecular complexity index is 563. The molecule has 0 saturated carbocycles. The molecule has 0 spiro atoms. The first-order valence-corrected chi connectivity index (χ1v) is 8.53. The SMILES string of the molecule is C[C@H](N[C@H](C)C(=O)NCCN1C(=O)CSC1=O)c1ccccc1. The molecule has 7 heteroatoms. The lowest BCUT2D eigenvalue weighted by Gasteiger charge is -2.20. The summed E-state index contributed by atoms with van der Waals surface area (Å²) in [7, 11) is 0. The Morgan fingerprint density at radius 3 is 2.57 bits per heavy atom. The summed E-state index contributed by atoms with van der Waals surface area (Å²) >= 11 is 0.997. The number of thioether (sulfide) groups is 1. The predicted octanol–water partition coefficient (Wildman–Crippen LogP) is 1.54. The van der Waals surface area contributed by atoms with Crippen LogP contribution in [0.2, 0.25) is 0 Å². The normalized spacial score (nSPS) is 17.2. The molecule has 124 valence electrons. The van der Waals surface area contributed by atoms with Gasteiger partial charge in [0.05, 0.1) is 11.8 Å². The lowest BCUT2D eigenvalue weighted by molar-refractivity contribution is -0.126. The summed E-state index contributed by atoms with van der Waals surface area (Å²) < 4.78 is 0. The van der Waals surface area contributed by atoms with Gasteiger partial charge in [-0.2, -0.15) is 0 Å². The zero-order valence-corrected chi connectivity index (χ0v) is 14.1. The molecule has 0 aromatic heterocycles. The van der Waals surface area contributed by atoms with Crippen molar-refractivity contribution >= 4 is 28.8 Å². The Morgan fingerprint density at radius 2 is 1.96 bits per heavy atom. The summed E-state index contributed by atoms with van der Waals surface area (Å²) in [4.78, 5) is 36.2. The largest absolute Gasteiger partial charge is 0.353 e. The number of carbonyl (C=O) groups excluding carboxylic acids is 3. The molecular weight excluding hydrogens is 314 g/mol. The van der Waals surface area contributed by atoms with Gasteiger partial charge in [0.25, 0.3) is 5.24 Å². The molecule has 3 amide bonds. The van der Waals surface area contributed by atoms with Gasteiger partial charge < -0.3 is 5.32 Å². The highest BCUT2D eigenvalue weighted by Gasteiger charge is 2.29. The average Bonchev–Trinajstić information content (AvgIpc) is 2.87. The standard InChI is InChI=1S/C16H21N3O3S/c1-11(13-6-4-3-5-7-13)18-12(2)15(21)17-8-9-19-14(20)10-23-16(19)22/h3-7,11-12,18H,8-10H2,1-2H3,(H,17,21)/t11-,12+/m0/s1. The van der Waals surface area contributed by atoms with Crippen molar-refractivity contribution in [2.24, 2.45) is 0 Å². The van der Waals surface area contributed by atoms with Crippen molar-refractivity contribution in [3.8, 4) is 0 Å². The predicted molar refractivity (Wildman–Crippen MR) is 90.0 cm³/mol. The molecule has 2 rings (SSSR count). The van der Waals surface area contributed by atoms with Crippen LogP contribution in [0.25, 0.3) is 0 Å². The van der Waals surface area contributed by atoms with Crippen LogP contribution in [0, 0.1) is 0 Å². The number of rotatable bonds is 7. The van der Waals surface area contributed by atoms with E-state index >= 15 is 0 Å². The Hall–Kier alpha value is -1.86. The van der Waals surface area contributed by atoms with Crippen LogP contribution < -0.4 is 10.6 Å². The van der Waals surface area contributed by atoms with Crippen molar-refractivity contribution in [3.05, 3.63) is 35.9 Å². The van der Waals surface area contributed by atoms with Crippen molar-refractivity contribution in [1.29, 1.82) is 0 Å². The molecule has 1 fully saturated rings. The topological polar surface area (TPSA) is 78.5 Å². The third kappa shape index (κ3) is 4.80. The highest BCUT2D eigenvalue weighted by atomic mass is 32.2. The second-order valence-corrected chi connectivity index (χ2v) is 6.34. The van der Waals surface area contributed by atoms with Crippen LogP contribution in [0.15, 0.2) is 30.3 Å². The van der Waals surface area contributed by atoms with Crippen LogP contribution in [0.4, 0.5) is 4.79 Å². The average molecular weight is 335 g/mol. The number of imide groups is 1. The van der Waals surface area contributed by atoms with Crippen LogP contribution in [0.3, 0.4) is 0 Å². The van der Waals surface area contributed by atoms with E-state index < -0.39 is 0 Å². The number of carbonyl (C=O) groups is 3. The van der Waals surface area contributed by atoms with Gasteiger partial charge in [-0.1, -0.05) is 42.1 Å². The van der Waals surface area contributed by atoms with Gasteiger partial charge in [-0.15, -0.1) is 0 Å². The van der Waals surface area contributed by atoms with E-state index in [-0.39, 0.29) is 48.0 Å². The molecule has 1 aliphatic heterocycles. The highest BCUT2D eigenvalue weighted by Crippen LogP contribution is 2.17. The maximum atomic E-state index is 12.1. The fourth-order valence-electron chi connectivity index (χ4n) is 2.33. The number of benzene rings is 1. The molecule has 0 aliphatic carbocycles. The fourth-order valence-corrected chi connectivity index (χ4v) is 3.08. The second-order valence-electron chi connectivity index (χ2n) is 5.41. The molecule has 1 aliphatic rings. The lowest BCUT2D eigenvalue weighted by Crippen LogP contribution is -2.45. The van der Waals surface area contributed by atoms with Gasteiger partial charge in [0.15, 0.2) is 0 Å². The van der Waals surface area contributed by atoms with Gasteiger partial charge in [0, 0.05) is 19.1 Å². The van der Waals surface area contributed by atoms with Crippen molar-refractivity contribution in [2.45, 2.75) is 25.9 Å². The van der Waals surface area contributed by atoms with Crippen LogP contribution >= 0.6 is 11.8 Å². The third-order valence-electron chi connectivity index (χ3n) is 3.67. The summed E-state index contributed by atoms with van der Waals surface area (Å²) in [5, 5.41) is 5.74. The van der Waals surface area contributed by atoms with E-state index in [1.54, 1.807) is 6.92 Å². The number of hydrogen-bond acceptors (Lipinski definition) is 5. The molecule has 0 bridgehead atoms. The first-order valence-electron chi connectivity index (χ1n) is 7.55. The molecule has 23 heavy (non-hydrogen) atoms. The van der Waals surface area contributed by atoms with Crippen LogP contribution in [-0.2, 0) is 9.59 Å². The summed E-state index contributed by atoms with van der Waals surface area (Å²) in [6.07, 6.45) is 0. The van der Waals surface area contributed by atoms with Crippen LogP contribution in [0.5, 0.6) is 0 Å². The van der Waals surface area contributed by atoms with Gasteiger partial charge in [0.1, 0.15) is 0 Å². The quantitative estimate of drug-likeness (QED) is 0.790. The summed E-state index contributed by atoms with van der Waals surface area (Å²) in [6.45, 7) is 4.27. The monoisotopic (exact) mass is 335 g/mol. The van der Waals surface area contributed by atoms with E-state index in [4.69, 9.17) is 0 Å². The molecule has 6 nitrogen and oxygen atoms in total. The van der Waals surface area contributed by atoms with Gasteiger partial charge >= 0.3 is 0 Å². The fraction of sp³-hybridized carbons (Fsp3) is 0.438. The zero-order chi connectivity index (χ0) is 16.8. The van der Waals surface area contributed by atoms with Gasteiger partial charge in [-0.25, -0.2) is 0 Å². The van der Waals surface area contributed by atoms with E-state index in [1.165, 1.54) is 4.90 Å². The van der Waals surface area contributed by atoms with Crippen LogP contribution in [0.1, 0.15) is 25.5 Å². The van der Waals surface area contributed by atoms with Gasteiger partial charge in [0.2, 0.25) is 11.8 Å². The Morgan fingerprint density at radius 1 is 1.26 bits per heavy atom. The van der Waals surface area contributed by atoms with E-state index in [9.17, 15) is 14.4 Å². The summed E-state index contributed by atoms with van der Waals surface area (Å²) in [5.41, 5.74) is 1.11. The molecule has 0 unspecified atom stereocenters. The lowest BCUT2D eigenvalue weighted by atomic mass is 10.1. The van der Waals surface area contributed by atoms with Gasteiger partial charge in [-0.05, 0) is 19.4 Å². The zero-order valence-electron chi connectivity index (χ0n) is 13.2. The highest BCUT2D eigenvalue weighted by molar-refractivity contribution is 8.14. The maximum absolute atomic E-state index is 12.1. The van der Waals surface area contributed by atoms with Crippen molar-refractivity contribution in [3.63, 3.8) is 0 Å². The first-order chi connectivity index (χ1) is 11.0. The van der Waals surface area contributed by atoms with Crippen molar-refractivity contribution in [2.75, 3.05) is 18.8 Å². The minimum Gasteiger partial charge on any atom is -0.353 e. The second kappa shape index (κ2) is 8.12. The first kappa shape index (κ1) is 17.5. The minimum absolute atomic E-state index is 0.0510. The maximum Gasteiger partial charge on any atom is 0.288 e.